The third-order valence-corrected chi connectivity index (χ3v) is 8.87. The Hall–Kier alpha value is -2.63. The predicted octanol–water partition coefficient (Wildman–Crippen LogP) is 6.03. The second-order valence-electron chi connectivity index (χ2n) is 11.1. The molecule has 2 fully saturated rings. The summed E-state index contributed by atoms with van der Waals surface area (Å²) in [6, 6.07) is 11.1. The van der Waals surface area contributed by atoms with Crippen molar-refractivity contribution in [1.82, 2.24) is 0 Å². The number of aryl methyl sites for hydroxylation is 2. The maximum atomic E-state index is 14.1. The fourth-order valence-electron chi connectivity index (χ4n) is 6.62. The van der Waals surface area contributed by atoms with E-state index < -0.39 is 17.3 Å². The standard InChI is InChI=1S/C30H33F3N2O/c1-19-27-29(19,24-15-14-22-9-5-6-16-34-26(22)18-24)35-28(36-27)23-13-12-21(25(17-23)30(31,32)33)11-10-20-7-3-2-4-8-20/h12-20,27H,2-11H2,1H3/p+1. The van der Waals surface area contributed by atoms with Crippen LogP contribution >= 0.6 is 0 Å². The van der Waals surface area contributed by atoms with Gasteiger partial charge >= 0.3 is 12.1 Å². The number of alkyl halides is 3. The average Bonchev–Trinajstić information content (AvgIpc) is 3.32. The average molecular weight is 496 g/mol. The summed E-state index contributed by atoms with van der Waals surface area (Å²) < 4.78 is 48.5. The number of halogens is 3. The van der Waals surface area contributed by atoms with Crippen molar-refractivity contribution < 1.29 is 22.9 Å². The molecule has 2 aliphatic heterocycles. The van der Waals surface area contributed by atoms with Crippen molar-refractivity contribution in [3.8, 4) is 0 Å². The molecular weight excluding hydrogens is 461 g/mol. The van der Waals surface area contributed by atoms with Gasteiger partial charge in [0.1, 0.15) is 0 Å². The maximum absolute atomic E-state index is 14.1. The zero-order valence-electron chi connectivity index (χ0n) is 20.8. The summed E-state index contributed by atoms with van der Waals surface area (Å²) in [5.74, 6) is 1.22. The summed E-state index contributed by atoms with van der Waals surface area (Å²) >= 11 is 0. The Bertz CT molecular complexity index is 1210. The van der Waals surface area contributed by atoms with Crippen LogP contribution in [0.2, 0.25) is 0 Å². The molecule has 0 spiro atoms. The van der Waals surface area contributed by atoms with E-state index >= 15 is 0 Å². The lowest BCUT2D eigenvalue weighted by atomic mass is 9.84. The number of nitrogens with zero attached hydrogens (tertiary/aromatic N) is 1. The molecule has 0 radical (unpaired) electrons. The molecule has 0 amide bonds. The number of hydrogen-bond acceptors (Lipinski definition) is 2. The molecule has 36 heavy (non-hydrogen) atoms. The normalized spacial score (nSPS) is 27.6. The van der Waals surface area contributed by atoms with E-state index in [1.807, 2.05) is 6.21 Å². The lowest BCUT2D eigenvalue weighted by Crippen LogP contribution is -2.79. The van der Waals surface area contributed by atoms with Crippen LogP contribution in [0.1, 0.15) is 86.1 Å². The van der Waals surface area contributed by atoms with Crippen LogP contribution in [0, 0.1) is 11.8 Å². The zero-order chi connectivity index (χ0) is 24.9. The van der Waals surface area contributed by atoms with E-state index in [0.717, 1.165) is 49.8 Å². The lowest BCUT2D eigenvalue weighted by Gasteiger charge is -2.22. The molecule has 1 N–H and O–H groups in total. The number of hydrogen-bond donors (Lipinski definition) is 1. The van der Waals surface area contributed by atoms with Crippen molar-refractivity contribution in [2.24, 2.45) is 16.8 Å². The van der Waals surface area contributed by atoms with Crippen molar-refractivity contribution >= 4 is 17.8 Å². The molecular formula is C30H34F3N2O+. The van der Waals surface area contributed by atoms with E-state index in [1.54, 1.807) is 12.1 Å². The van der Waals surface area contributed by atoms with E-state index in [2.05, 4.69) is 35.1 Å². The Labute approximate surface area is 210 Å². The first-order chi connectivity index (χ1) is 17.4. The number of rotatable bonds is 5. The maximum Gasteiger partial charge on any atom is 0.416 e. The van der Waals surface area contributed by atoms with Crippen LogP contribution in [-0.4, -0.2) is 18.2 Å². The van der Waals surface area contributed by atoms with Gasteiger partial charge in [0.15, 0.2) is 6.10 Å². The van der Waals surface area contributed by atoms with Gasteiger partial charge in [-0.15, -0.1) is 0 Å². The van der Waals surface area contributed by atoms with Crippen LogP contribution in [-0.2, 0) is 29.3 Å². The number of ether oxygens (including phenoxy) is 1. The first-order valence-corrected chi connectivity index (χ1v) is 13.5. The van der Waals surface area contributed by atoms with E-state index in [-0.39, 0.29) is 12.0 Å². The summed E-state index contributed by atoms with van der Waals surface area (Å²) in [5.41, 5.74) is 3.25. The van der Waals surface area contributed by atoms with E-state index in [4.69, 9.17) is 4.74 Å². The molecule has 6 heteroatoms. The molecule has 3 unspecified atom stereocenters. The summed E-state index contributed by atoms with van der Waals surface area (Å²) in [5, 5.41) is 0. The monoisotopic (exact) mass is 495 g/mol. The van der Waals surface area contributed by atoms with Gasteiger partial charge in [0, 0.05) is 11.8 Å². The quantitative estimate of drug-likeness (QED) is 0.540. The molecule has 2 aliphatic carbocycles. The highest BCUT2D eigenvalue weighted by atomic mass is 19.4. The van der Waals surface area contributed by atoms with Crippen molar-refractivity contribution in [1.29, 1.82) is 0 Å². The Morgan fingerprint density at radius 1 is 1.06 bits per heavy atom. The molecule has 0 saturated heterocycles. The highest BCUT2D eigenvalue weighted by molar-refractivity contribution is 5.91. The topological polar surface area (TPSA) is 35.6 Å². The molecule has 190 valence electrons. The molecule has 2 aromatic rings. The van der Waals surface area contributed by atoms with Gasteiger partial charge in [-0.2, -0.15) is 18.2 Å². The summed E-state index contributed by atoms with van der Waals surface area (Å²) in [6.07, 6.45) is 7.83. The van der Waals surface area contributed by atoms with Gasteiger partial charge in [0.05, 0.1) is 22.7 Å². The highest BCUT2D eigenvalue weighted by Gasteiger charge is 2.76. The molecule has 4 aliphatic rings. The zero-order valence-corrected chi connectivity index (χ0v) is 20.8. The fourth-order valence-corrected chi connectivity index (χ4v) is 6.62. The molecule has 2 saturated carbocycles. The fraction of sp³-hybridized carbons (Fsp3) is 0.533. The largest absolute Gasteiger partial charge is 0.433 e. The number of aliphatic imine (C=N–C) groups is 1. The van der Waals surface area contributed by atoms with E-state index in [9.17, 15) is 13.2 Å². The first kappa shape index (κ1) is 23.7. The third kappa shape index (κ3) is 4.16. The molecule has 2 aromatic carbocycles. The number of benzene rings is 2. The van der Waals surface area contributed by atoms with Gasteiger partial charge in [-0.05, 0) is 67.3 Å². The molecule has 2 heterocycles. The van der Waals surface area contributed by atoms with Crippen LogP contribution in [0.15, 0.2) is 41.4 Å². The van der Waals surface area contributed by atoms with Gasteiger partial charge in [-0.1, -0.05) is 57.2 Å². The van der Waals surface area contributed by atoms with Crippen LogP contribution in [0.5, 0.6) is 0 Å². The van der Waals surface area contributed by atoms with Crippen LogP contribution in [0.3, 0.4) is 0 Å². The first-order valence-electron chi connectivity index (χ1n) is 13.5. The Morgan fingerprint density at radius 3 is 2.69 bits per heavy atom. The predicted molar refractivity (Wildman–Crippen MR) is 135 cm³/mol. The molecule has 3 atom stereocenters. The number of nitrogens with one attached hydrogen (secondary N) is 1. The van der Waals surface area contributed by atoms with Crippen LogP contribution < -0.4 is 4.99 Å². The smallest absolute Gasteiger partial charge is 0.416 e. The number of fused-ring (bicyclic) bond motifs is 2. The van der Waals surface area contributed by atoms with E-state index in [1.165, 1.54) is 30.9 Å². The Balaban J connectivity index is 1.29. The third-order valence-electron chi connectivity index (χ3n) is 8.87. The highest BCUT2D eigenvalue weighted by Crippen LogP contribution is 2.53. The summed E-state index contributed by atoms with van der Waals surface area (Å²) in [6.45, 7) is 2.12. The van der Waals surface area contributed by atoms with Gasteiger partial charge in [0.25, 0.3) is 0 Å². The molecule has 0 bridgehead atoms. The molecule has 3 nitrogen and oxygen atoms in total. The van der Waals surface area contributed by atoms with Gasteiger partial charge in [-0.3, -0.25) is 4.99 Å². The molecule has 0 aromatic heterocycles. The SMILES string of the molecule is CC1C2OC(c3ccc(CCC4CCCCC4)c(C(F)(F)F)c3)=[NH+]C12c1ccc2c(c1)N=CCCC2. The summed E-state index contributed by atoms with van der Waals surface area (Å²) in [7, 11) is 0. The minimum atomic E-state index is -4.39. The molecule has 6 rings (SSSR count). The minimum absolute atomic E-state index is 0.0966. The minimum Gasteiger partial charge on any atom is -0.433 e. The van der Waals surface area contributed by atoms with Crippen molar-refractivity contribution in [3.05, 3.63) is 64.2 Å². The van der Waals surface area contributed by atoms with Gasteiger partial charge in [-0.25, -0.2) is 0 Å². The van der Waals surface area contributed by atoms with Gasteiger partial charge < -0.3 is 4.74 Å². The van der Waals surface area contributed by atoms with Crippen LogP contribution in [0.4, 0.5) is 18.9 Å². The van der Waals surface area contributed by atoms with Crippen LogP contribution in [0.25, 0.3) is 0 Å². The second-order valence-corrected chi connectivity index (χ2v) is 11.1. The van der Waals surface area contributed by atoms with Crippen molar-refractivity contribution in [2.75, 3.05) is 0 Å². The van der Waals surface area contributed by atoms with Crippen molar-refractivity contribution in [3.63, 3.8) is 0 Å². The lowest BCUT2D eigenvalue weighted by molar-refractivity contribution is -0.527. The van der Waals surface area contributed by atoms with Crippen molar-refractivity contribution in [2.45, 2.75) is 89.0 Å². The van der Waals surface area contributed by atoms with Gasteiger partial charge in [0.2, 0.25) is 5.54 Å². The second kappa shape index (κ2) is 9.04. The van der Waals surface area contributed by atoms with E-state index in [0.29, 0.717) is 29.4 Å². The Morgan fingerprint density at radius 2 is 1.89 bits per heavy atom. The Kier molecular flexibility index (Phi) is 5.96. The summed E-state index contributed by atoms with van der Waals surface area (Å²) in [4.78, 5) is 8.15.